The average molecular weight is 403 g/mol. The molecule has 3 aliphatic rings. The molecule has 4 nitrogen and oxygen atoms in total. The van der Waals surface area contributed by atoms with Crippen LogP contribution in [-0.4, -0.2) is 23.9 Å². The Labute approximate surface area is 178 Å². The molecule has 1 unspecified atom stereocenters. The minimum Gasteiger partial charge on any atom is -0.349 e. The quantitative estimate of drug-likeness (QED) is 0.781. The zero-order chi connectivity index (χ0) is 21.1. The van der Waals surface area contributed by atoms with Crippen molar-refractivity contribution in [2.75, 3.05) is 0 Å². The van der Waals surface area contributed by atoms with Crippen molar-refractivity contribution in [3.63, 3.8) is 0 Å². The van der Waals surface area contributed by atoms with Crippen LogP contribution in [0.2, 0.25) is 0 Å². The van der Waals surface area contributed by atoms with E-state index in [-0.39, 0.29) is 22.6 Å². The molecule has 4 heteroatoms. The standard InChI is InChI=1S/C26H30N2O2/c1-25(2)15-18-14-17(24(30)28-21-11-12-21)6-13-22(18)26(25,3)19-7-4-16(5-8-19)23(29)27-20-9-10-20/h4-8,13-14,20-21H,9-12,15H2,1-3H3,(H,27,29)(H,28,30). The fourth-order valence-electron chi connectivity index (χ4n) is 4.88. The van der Waals surface area contributed by atoms with Crippen LogP contribution in [0.4, 0.5) is 0 Å². The molecule has 2 N–H and O–H groups in total. The number of amides is 2. The van der Waals surface area contributed by atoms with Gasteiger partial charge in [0.2, 0.25) is 0 Å². The van der Waals surface area contributed by atoms with Gasteiger partial charge in [0.25, 0.3) is 11.8 Å². The lowest BCUT2D eigenvalue weighted by molar-refractivity contribution is 0.0942. The lowest BCUT2D eigenvalue weighted by Gasteiger charge is -2.40. The van der Waals surface area contributed by atoms with Crippen molar-refractivity contribution in [3.05, 3.63) is 70.3 Å². The summed E-state index contributed by atoms with van der Waals surface area (Å²) in [5, 5.41) is 6.15. The number of carbonyl (C=O) groups is 2. The summed E-state index contributed by atoms with van der Waals surface area (Å²) in [7, 11) is 0. The van der Waals surface area contributed by atoms with Crippen LogP contribution in [0.1, 0.15) is 83.9 Å². The molecule has 2 aromatic carbocycles. The largest absolute Gasteiger partial charge is 0.349 e. The number of benzene rings is 2. The molecule has 0 bridgehead atoms. The summed E-state index contributed by atoms with van der Waals surface area (Å²) in [6, 6.07) is 15.0. The van der Waals surface area contributed by atoms with Crippen LogP contribution in [0.3, 0.4) is 0 Å². The first-order valence-electron chi connectivity index (χ1n) is 11.1. The Morgan fingerprint density at radius 3 is 1.90 bits per heavy atom. The first-order chi connectivity index (χ1) is 14.3. The van der Waals surface area contributed by atoms with Gasteiger partial charge >= 0.3 is 0 Å². The van der Waals surface area contributed by atoms with Crippen LogP contribution in [-0.2, 0) is 11.8 Å². The van der Waals surface area contributed by atoms with Crippen molar-refractivity contribution in [1.29, 1.82) is 0 Å². The highest BCUT2D eigenvalue weighted by atomic mass is 16.2. The van der Waals surface area contributed by atoms with Gasteiger partial charge in [0.05, 0.1) is 0 Å². The molecular weight excluding hydrogens is 372 g/mol. The third-order valence-corrected chi connectivity index (χ3v) is 7.44. The van der Waals surface area contributed by atoms with Gasteiger partial charge in [0.1, 0.15) is 0 Å². The number of hydrogen-bond acceptors (Lipinski definition) is 2. The third kappa shape index (κ3) is 3.23. The fraction of sp³-hybridized carbons (Fsp3) is 0.462. The molecule has 2 fully saturated rings. The molecule has 0 aromatic heterocycles. The zero-order valence-electron chi connectivity index (χ0n) is 18.0. The van der Waals surface area contributed by atoms with E-state index >= 15 is 0 Å². The highest BCUT2D eigenvalue weighted by Crippen LogP contribution is 2.55. The van der Waals surface area contributed by atoms with Gasteiger partial charge < -0.3 is 10.6 Å². The van der Waals surface area contributed by atoms with Crippen LogP contribution in [0, 0.1) is 5.41 Å². The molecule has 2 saturated carbocycles. The lowest BCUT2D eigenvalue weighted by atomic mass is 9.63. The summed E-state index contributed by atoms with van der Waals surface area (Å²) in [6.07, 6.45) is 5.29. The monoisotopic (exact) mass is 402 g/mol. The van der Waals surface area contributed by atoms with Crippen molar-refractivity contribution in [2.45, 2.75) is 70.4 Å². The van der Waals surface area contributed by atoms with Crippen LogP contribution in [0.15, 0.2) is 42.5 Å². The van der Waals surface area contributed by atoms with E-state index in [2.05, 4.69) is 55.7 Å². The van der Waals surface area contributed by atoms with E-state index < -0.39 is 0 Å². The molecule has 3 aliphatic carbocycles. The smallest absolute Gasteiger partial charge is 0.251 e. The first-order valence-corrected chi connectivity index (χ1v) is 11.1. The molecule has 0 heterocycles. The molecule has 5 rings (SSSR count). The normalized spacial score (nSPS) is 24.2. The second-order valence-electron chi connectivity index (χ2n) is 10.1. The van der Waals surface area contributed by atoms with Gasteiger partial charge in [-0.3, -0.25) is 9.59 Å². The van der Waals surface area contributed by atoms with Gasteiger partial charge in [-0.15, -0.1) is 0 Å². The van der Waals surface area contributed by atoms with Gasteiger partial charge in [-0.1, -0.05) is 39.0 Å². The van der Waals surface area contributed by atoms with Gasteiger partial charge in [-0.25, -0.2) is 0 Å². The van der Waals surface area contributed by atoms with E-state index in [9.17, 15) is 9.59 Å². The number of carbonyl (C=O) groups excluding carboxylic acids is 2. The number of hydrogen-bond donors (Lipinski definition) is 2. The molecule has 0 radical (unpaired) electrons. The van der Waals surface area contributed by atoms with Crippen LogP contribution in [0.5, 0.6) is 0 Å². The maximum Gasteiger partial charge on any atom is 0.251 e. The van der Waals surface area contributed by atoms with Gasteiger partial charge in [-0.05, 0) is 78.5 Å². The Hall–Kier alpha value is -2.62. The van der Waals surface area contributed by atoms with E-state index in [0.717, 1.165) is 43.2 Å². The molecule has 0 saturated heterocycles. The predicted octanol–water partition coefficient (Wildman–Crippen LogP) is 4.36. The first kappa shape index (κ1) is 19.3. The summed E-state index contributed by atoms with van der Waals surface area (Å²) >= 11 is 0. The zero-order valence-corrected chi connectivity index (χ0v) is 18.0. The molecular formula is C26H30N2O2. The van der Waals surface area contributed by atoms with E-state index in [0.29, 0.717) is 12.1 Å². The summed E-state index contributed by atoms with van der Waals surface area (Å²) < 4.78 is 0. The summed E-state index contributed by atoms with van der Waals surface area (Å²) in [6.45, 7) is 6.89. The molecule has 0 aliphatic heterocycles. The van der Waals surface area contributed by atoms with E-state index in [4.69, 9.17) is 0 Å². The highest BCUT2D eigenvalue weighted by Gasteiger charge is 2.50. The van der Waals surface area contributed by atoms with E-state index in [1.807, 2.05) is 18.2 Å². The number of fused-ring (bicyclic) bond motifs is 1. The van der Waals surface area contributed by atoms with Crippen molar-refractivity contribution in [3.8, 4) is 0 Å². The third-order valence-electron chi connectivity index (χ3n) is 7.44. The molecule has 156 valence electrons. The summed E-state index contributed by atoms with van der Waals surface area (Å²) in [4.78, 5) is 24.9. The summed E-state index contributed by atoms with van der Waals surface area (Å²) in [5.74, 6) is 0.0596. The van der Waals surface area contributed by atoms with Crippen LogP contribution >= 0.6 is 0 Å². The highest BCUT2D eigenvalue weighted by molar-refractivity contribution is 5.95. The average Bonchev–Trinajstić information content (AvgIpc) is 3.64. The Morgan fingerprint density at radius 2 is 1.33 bits per heavy atom. The van der Waals surface area contributed by atoms with Crippen molar-refractivity contribution < 1.29 is 9.59 Å². The van der Waals surface area contributed by atoms with Crippen molar-refractivity contribution >= 4 is 11.8 Å². The molecule has 2 aromatic rings. The lowest BCUT2D eigenvalue weighted by Crippen LogP contribution is -2.36. The second kappa shape index (κ2) is 6.69. The van der Waals surface area contributed by atoms with Gasteiger partial charge in [0.15, 0.2) is 0 Å². The van der Waals surface area contributed by atoms with Gasteiger partial charge in [-0.2, -0.15) is 0 Å². The second-order valence-corrected chi connectivity index (χ2v) is 10.1. The number of rotatable bonds is 5. The number of nitrogens with one attached hydrogen (secondary N) is 2. The maximum atomic E-state index is 12.5. The van der Waals surface area contributed by atoms with Crippen LogP contribution < -0.4 is 10.6 Å². The molecule has 0 spiro atoms. The van der Waals surface area contributed by atoms with Crippen LogP contribution in [0.25, 0.3) is 0 Å². The Morgan fingerprint density at radius 1 is 0.800 bits per heavy atom. The minimum atomic E-state index is -0.181. The molecule has 30 heavy (non-hydrogen) atoms. The topological polar surface area (TPSA) is 58.2 Å². The SMILES string of the molecule is CC1(C)Cc2cc(C(=O)NC3CC3)ccc2C1(C)c1ccc(C(=O)NC2CC2)cc1. The molecule has 1 atom stereocenters. The molecule has 2 amide bonds. The fourth-order valence-corrected chi connectivity index (χ4v) is 4.88. The minimum absolute atomic E-state index is 0.00128. The van der Waals surface area contributed by atoms with Crippen molar-refractivity contribution in [2.24, 2.45) is 5.41 Å². The maximum absolute atomic E-state index is 12.5. The predicted molar refractivity (Wildman–Crippen MR) is 118 cm³/mol. The Balaban J connectivity index is 1.45. The van der Waals surface area contributed by atoms with Gasteiger partial charge in [0, 0.05) is 28.6 Å². The Bertz CT molecular complexity index is 1020. The summed E-state index contributed by atoms with van der Waals surface area (Å²) in [5.41, 5.74) is 5.04. The van der Waals surface area contributed by atoms with E-state index in [1.54, 1.807) is 0 Å². The van der Waals surface area contributed by atoms with E-state index in [1.165, 1.54) is 16.7 Å². The Kier molecular flexibility index (Phi) is 4.32. The van der Waals surface area contributed by atoms with Crippen molar-refractivity contribution in [1.82, 2.24) is 10.6 Å².